The lowest BCUT2D eigenvalue weighted by Crippen LogP contribution is -2.46. The normalized spacial score (nSPS) is 20.3. The van der Waals surface area contributed by atoms with E-state index in [-0.39, 0.29) is 29.5 Å². The first-order chi connectivity index (χ1) is 11.9. The molecule has 1 aliphatic rings. The van der Waals surface area contributed by atoms with Crippen LogP contribution in [0.5, 0.6) is 0 Å². The topological polar surface area (TPSA) is 66.8 Å². The molecule has 0 aliphatic carbocycles. The largest absolute Gasteiger partial charge is 0.478 e. The predicted octanol–water partition coefficient (Wildman–Crippen LogP) is 3.13. The van der Waals surface area contributed by atoms with Crippen LogP contribution in [0.1, 0.15) is 39.3 Å². The Morgan fingerprint density at radius 2 is 1.64 bits per heavy atom. The second-order valence-corrected chi connectivity index (χ2v) is 6.08. The summed E-state index contributed by atoms with van der Waals surface area (Å²) in [6, 6.07) is 11.9. The van der Waals surface area contributed by atoms with Crippen LogP contribution in [0.3, 0.4) is 0 Å². The van der Waals surface area contributed by atoms with Crippen molar-refractivity contribution >= 4 is 11.9 Å². The molecule has 5 nitrogen and oxygen atoms in total. The van der Waals surface area contributed by atoms with Crippen LogP contribution >= 0.6 is 0 Å². The van der Waals surface area contributed by atoms with Crippen molar-refractivity contribution in [2.24, 2.45) is 0 Å². The minimum atomic E-state index is -1.03. The fourth-order valence-corrected chi connectivity index (χ4v) is 2.92. The van der Waals surface area contributed by atoms with E-state index in [1.807, 2.05) is 6.92 Å². The third-order valence-corrected chi connectivity index (χ3v) is 4.17. The summed E-state index contributed by atoms with van der Waals surface area (Å²) in [4.78, 5) is 25.3. The van der Waals surface area contributed by atoms with Crippen molar-refractivity contribution in [2.75, 3.05) is 13.1 Å². The van der Waals surface area contributed by atoms with E-state index in [0.29, 0.717) is 18.7 Å². The van der Waals surface area contributed by atoms with Gasteiger partial charge in [-0.25, -0.2) is 9.18 Å². The quantitative estimate of drug-likeness (QED) is 0.930. The average Bonchev–Trinajstić information content (AvgIpc) is 2.61. The maximum atomic E-state index is 13.1. The zero-order chi connectivity index (χ0) is 18.0. The van der Waals surface area contributed by atoms with Gasteiger partial charge < -0.3 is 14.7 Å². The number of morpholine rings is 1. The molecule has 1 heterocycles. The van der Waals surface area contributed by atoms with Crippen LogP contribution in [0.25, 0.3) is 0 Å². The van der Waals surface area contributed by atoms with Crippen LogP contribution in [0.15, 0.2) is 48.5 Å². The number of carboxylic acid groups (broad SMARTS) is 1. The van der Waals surface area contributed by atoms with Gasteiger partial charge in [-0.2, -0.15) is 0 Å². The first-order valence-electron chi connectivity index (χ1n) is 7.97. The number of nitrogens with zero attached hydrogens (tertiary/aromatic N) is 1. The van der Waals surface area contributed by atoms with Crippen molar-refractivity contribution < 1.29 is 23.8 Å². The zero-order valence-electron chi connectivity index (χ0n) is 13.7. The summed E-state index contributed by atoms with van der Waals surface area (Å²) in [5.41, 5.74) is 1.38. The number of carbonyl (C=O) groups excluding carboxylic acids is 1. The molecule has 2 aromatic rings. The Bertz CT molecular complexity index is 773. The van der Waals surface area contributed by atoms with E-state index in [4.69, 9.17) is 9.84 Å². The molecule has 2 aromatic carbocycles. The van der Waals surface area contributed by atoms with Gasteiger partial charge in [-0.1, -0.05) is 12.1 Å². The van der Waals surface area contributed by atoms with Crippen molar-refractivity contribution in [1.82, 2.24) is 4.90 Å². The molecule has 0 radical (unpaired) electrons. The lowest BCUT2D eigenvalue weighted by Gasteiger charge is -2.37. The van der Waals surface area contributed by atoms with Gasteiger partial charge in [0.15, 0.2) is 0 Å². The third kappa shape index (κ3) is 3.85. The SMILES string of the molecule is CC1CN(C(=O)c2ccc(C(=O)O)cc2)CC(c2ccc(F)cc2)O1. The summed E-state index contributed by atoms with van der Waals surface area (Å²) in [5.74, 6) is -1.53. The van der Waals surface area contributed by atoms with Crippen molar-refractivity contribution in [1.29, 1.82) is 0 Å². The lowest BCUT2D eigenvalue weighted by molar-refractivity contribution is -0.0691. The molecule has 1 amide bonds. The number of ether oxygens (including phenoxy) is 1. The average molecular weight is 343 g/mol. The summed E-state index contributed by atoms with van der Waals surface area (Å²) in [6.07, 6.45) is -0.488. The highest BCUT2D eigenvalue weighted by molar-refractivity contribution is 5.96. The van der Waals surface area contributed by atoms with Crippen molar-refractivity contribution in [3.8, 4) is 0 Å². The maximum absolute atomic E-state index is 13.1. The van der Waals surface area contributed by atoms with Gasteiger partial charge in [0, 0.05) is 12.1 Å². The standard InChI is InChI=1S/C19H18FNO4/c1-12-10-21(11-17(25-12)13-6-8-16(20)9-7-13)18(22)14-2-4-15(5-3-14)19(23)24/h2-9,12,17H,10-11H2,1H3,(H,23,24). The Morgan fingerprint density at radius 3 is 2.24 bits per heavy atom. The van der Waals surface area contributed by atoms with Gasteiger partial charge in [0.2, 0.25) is 0 Å². The van der Waals surface area contributed by atoms with Gasteiger partial charge in [-0.05, 0) is 48.9 Å². The molecule has 0 bridgehead atoms. The Morgan fingerprint density at radius 1 is 1.04 bits per heavy atom. The van der Waals surface area contributed by atoms with Crippen molar-refractivity contribution in [3.05, 3.63) is 71.0 Å². The number of hydrogen-bond donors (Lipinski definition) is 1. The van der Waals surface area contributed by atoms with Crippen LogP contribution in [0.2, 0.25) is 0 Å². The smallest absolute Gasteiger partial charge is 0.335 e. The molecule has 0 saturated carbocycles. The number of benzene rings is 2. The molecule has 1 N–H and O–H groups in total. The maximum Gasteiger partial charge on any atom is 0.335 e. The molecule has 2 unspecified atom stereocenters. The van der Waals surface area contributed by atoms with E-state index >= 15 is 0 Å². The number of amides is 1. The number of halogens is 1. The second kappa shape index (κ2) is 7.03. The summed E-state index contributed by atoms with van der Waals surface area (Å²) < 4.78 is 19.0. The van der Waals surface area contributed by atoms with Crippen molar-refractivity contribution in [2.45, 2.75) is 19.1 Å². The molecule has 1 aliphatic heterocycles. The van der Waals surface area contributed by atoms with Gasteiger partial charge >= 0.3 is 5.97 Å². The summed E-state index contributed by atoms with van der Waals surface area (Å²) in [5, 5.41) is 8.94. The zero-order valence-corrected chi connectivity index (χ0v) is 13.7. The van der Waals surface area contributed by atoms with Gasteiger partial charge in [-0.15, -0.1) is 0 Å². The number of carbonyl (C=O) groups is 2. The first kappa shape index (κ1) is 17.1. The molecule has 0 aromatic heterocycles. The first-order valence-corrected chi connectivity index (χ1v) is 7.97. The molecule has 130 valence electrons. The Labute approximate surface area is 144 Å². The fourth-order valence-electron chi connectivity index (χ4n) is 2.92. The molecule has 1 saturated heterocycles. The summed E-state index contributed by atoms with van der Waals surface area (Å²) in [6.45, 7) is 2.68. The lowest BCUT2D eigenvalue weighted by atomic mass is 10.0. The minimum absolute atomic E-state index is 0.135. The van der Waals surface area contributed by atoms with Crippen molar-refractivity contribution in [3.63, 3.8) is 0 Å². The Balaban J connectivity index is 1.77. The Kier molecular flexibility index (Phi) is 4.81. The monoisotopic (exact) mass is 343 g/mol. The summed E-state index contributed by atoms with van der Waals surface area (Å²) >= 11 is 0. The Hall–Kier alpha value is -2.73. The number of carboxylic acids is 1. The highest BCUT2D eigenvalue weighted by atomic mass is 19.1. The molecule has 25 heavy (non-hydrogen) atoms. The van der Waals surface area contributed by atoms with Crippen LogP contribution in [0, 0.1) is 5.82 Å². The van der Waals surface area contributed by atoms with Gasteiger partial charge in [0.1, 0.15) is 11.9 Å². The van der Waals surface area contributed by atoms with Crippen LogP contribution < -0.4 is 0 Å². The molecule has 1 fully saturated rings. The molecule has 3 rings (SSSR count). The number of aromatic carboxylic acids is 1. The highest BCUT2D eigenvalue weighted by Gasteiger charge is 2.30. The van der Waals surface area contributed by atoms with Crippen LogP contribution in [-0.4, -0.2) is 41.1 Å². The van der Waals surface area contributed by atoms with Crippen LogP contribution in [-0.2, 0) is 4.74 Å². The third-order valence-electron chi connectivity index (χ3n) is 4.17. The number of hydrogen-bond acceptors (Lipinski definition) is 3. The highest BCUT2D eigenvalue weighted by Crippen LogP contribution is 2.26. The van der Waals surface area contributed by atoms with E-state index < -0.39 is 5.97 Å². The molecule has 6 heteroatoms. The molecule has 2 atom stereocenters. The molecule has 0 spiro atoms. The second-order valence-electron chi connectivity index (χ2n) is 6.08. The van der Waals surface area contributed by atoms with E-state index in [1.165, 1.54) is 36.4 Å². The minimum Gasteiger partial charge on any atom is -0.478 e. The molecular formula is C19H18FNO4. The van der Waals surface area contributed by atoms with Gasteiger partial charge in [0.05, 0.1) is 18.2 Å². The van der Waals surface area contributed by atoms with E-state index in [9.17, 15) is 14.0 Å². The van der Waals surface area contributed by atoms with E-state index in [2.05, 4.69) is 0 Å². The van der Waals surface area contributed by atoms with E-state index in [1.54, 1.807) is 17.0 Å². The predicted molar refractivity (Wildman–Crippen MR) is 89.0 cm³/mol. The van der Waals surface area contributed by atoms with Gasteiger partial charge in [0.25, 0.3) is 5.91 Å². The summed E-state index contributed by atoms with van der Waals surface area (Å²) in [7, 11) is 0. The number of rotatable bonds is 3. The fraction of sp³-hybridized carbons (Fsp3) is 0.263. The molecular weight excluding hydrogens is 325 g/mol. The van der Waals surface area contributed by atoms with E-state index in [0.717, 1.165) is 5.56 Å². The van der Waals surface area contributed by atoms with Crippen LogP contribution in [0.4, 0.5) is 4.39 Å². The van der Waals surface area contributed by atoms with Gasteiger partial charge in [-0.3, -0.25) is 4.79 Å².